The zero-order valence-electron chi connectivity index (χ0n) is 16.5. The molecule has 3 aromatic carbocycles. The van der Waals surface area contributed by atoms with E-state index in [2.05, 4.69) is 87.8 Å². The summed E-state index contributed by atoms with van der Waals surface area (Å²) in [4.78, 5) is 0. The molecule has 0 saturated heterocycles. The lowest BCUT2D eigenvalue weighted by atomic mass is 9.62. The van der Waals surface area contributed by atoms with Crippen molar-refractivity contribution in [1.82, 2.24) is 4.57 Å². The molecule has 1 aromatic heterocycles. The highest BCUT2D eigenvalue weighted by molar-refractivity contribution is 6.18. The van der Waals surface area contributed by atoms with Gasteiger partial charge in [0.25, 0.3) is 0 Å². The van der Waals surface area contributed by atoms with E-state index < -0.39 is 0 Å². The summed E-state index contributed by atoms with van der Waals surface area (Å²) in [5.41, 5.74) is 6.36. The summed E-state index contributed by atoms with van der Waals surface area (Å²) in [6.07, 6.45) is 2.50. The Morgan fingerprint density at radius 3 is 2.15 bits per heavy atom. The van der Waals surface area contributed by atoms with Gasteiger partial charge in [0.15, 0.2) is 0 Å². The minimum absolute atomic E-state index is 0.211. The van der Waals surface area contributed by atoms with Gasteiger partial charge in [-0.2, -0.15) is 0 Å². The second-order valence-corrected chi connectivity index (χ2v) is 9.39. The highest BCUT2D eigenvalue weighted by atomic mass is 14.9. The molecule has 0 unspecified atom stereocenters. The Labute approximate surface area is 155 Å². The molecule has 1 heterocycles. The lowest BCUT2D eigenvalue weighted by Gasteiger charge is -2.42. The minimum atomic E-state index is 0.211. The van der Waals surface area contributed by atoms with Crippen LogP contribution >= 0.6 is 0 Å². The van der Waals surface area contributed by atoms with E-state index in [9.17, 15) is 0 Å². The topological polar surface area (TPSA) is 4.93 Å². The Bertz CT molecular complexity index is 1190. The Morgan fingerprint density at radius 2 is 1.35 bits per heavy atom. The number of aryl methyl sites for hydroxylation is 1. The van der Waals surface area contributed by atoms with E-state index in [1.165, 1.54) is 51.0 Å². The maximum Gasteiger partial charge on any atom is 0.0568 e. The van der Waals surface area contributed by atoms with Crippen molar-refractivity contribution >= 4 is 32.6 Å². The number of hydrogen-bond acceptors (Lipinski definition) is 0. The molecule has 0 atom stereocenters. The monoisotopic (exact) mass is 341 g/mol. The first-order chi connectivity index (χ1) is 12.3. The third kappa shape index (κ3) is 1.92. The van der Waals surface area contributed by atoms with Gasteiger partial charge in [0, 0.05) is 23.2 Å². The summed E-state index contributed by atoms with van der Waals surface area (Å²) in [5.74, 6) is 0. The van der Waals surface area contributed by atoms with Crippen molar-refractivity contribution in [2.75, 3.05) is 0 Å². The molecule has 0 spiro atoms. The van der Waals surface area contributed by atoms with Crippen LogP contribution in [0.15, 0.2) is 48.5 Å². The summed E-state index contributed by atoms with van der Waals surface area (Å²) in [6.45, 7) is 9.67. The SMILES string of the molecule is Cn1c2c3c(ccc2c2ccc4ccccc4c21)C(C)(C)CCC3(C)C. The number of rotatable bonds is 0. The molecular weight excluding hydrogens is 314 g/mol. The van der Waals surface area contributed by atoms with Gasteiger partial charge in [-0.15, -0.1) is 0 Å². The van der Waals surface area contributed by atoms with E-state index in [0.717, 1.165) is 0 Å². The summed E-state index contributed by atoms with van der Waals surface area (Å²) < 4.78 is 2.47. The smallest absolute Gasteiger partial charge is 0.0568 e. The number of hydrogen-bond donors (Lipinski definition) is 0. The van der Waals surface area contributed by atoms with Crippen molar-refractivity contribution in [3.8, 4) is 0 Å². The molecular formula is C25H27N. The molecule has 4 aromatic rings. The van der Waals surface area contributed by atoms with E-state index >= 15 is 0 Å². The first-order valence-electron chi connectivity index (χ1n) is 9.75. The van der Waals surface area contributed by atoms with Gasteiger partial charge >= 0.3 is 0 Å². The van der Waals surface area contributed by atoms with Crippen LogP contribution in [0.1, 0.15) is 51.7 Å². The summed E-state index contributed by atoms with van der Waals surface area (Å²) in [7, 11) is 2.26. The molecule has 0 fully saturated rings. The molecule has 1 aliphatic rings. The van der Waals surface area contributed by atoms with Crippen LogP contribution in [-0.4, -0.2) is 4.57 Å². The molecule has 1 nitrogen and oxygen atoms in total. The minimum Gasteiger partial charge on any atom is -0.343 e. The highest BCUT2D eigenvalue weighted by Gasteiger charge is 2.39. The molecule has 0 N–H and O–H groups in total. The maximum absolute atomic E-state index is 2.47. The number of nitrogens with zero attached hydrogens (tertiary/aromatic N) is 1. The number of fused-ring (bicyclic) bond motifs is 7. The van der Waals surface area contributed by atoms with E-state index in [4.69, 9.17) is 0 Å². The van der Waals surface area contributed by atoms with Crippen LogP contribution in [-0.2, 0) is 17.9 Å². The predicted molar refractivity (Wildman–Crippen MR) is 113 cm³/mol. The molecule has 5 rings (SSSR count). The largest absolute Gasteiger partial charge is 0.343 e. The van der Waals surface area contributed by atoms with Crippen LogP contribution in [0.25, 0.3) is 32.6 Å². The van der Waals surface area contributed by atoms with Crippen molar-refractivity contribution in [2.45, 2.75) is 51.4 Å². The van der Waals surface area contributed by atoms with Crippen molar-refractivity contribution in [2.24, 2.45) is 7.05 Å². The summed E-state index contributed by atoms with van der Waals surface area (Å²) in [6, 6.07) is 18.1. The van der Waals surface area contributed by atoms with E-state index in [1.807, 2.05) is 0 Å². The molecule has 26 heavy (non-hydrogen) atoms. The van der Waals surface area contributed by atoms with Crippen LogP contribution < -0.4 is 0 Å². The number of aromatic nitrogens is 1. The van der Waals surface area contributed by atoms with Gasteiger partial charge in [0.1, 0.15) is 0 Å². The molecule has 0 bridgehead atoms. The van der Waals surface area contributed by atoms with Gasteiger partial charge in [-0.25, -0.2) is 0 Å². The van der Waals surface area contributed by atoms with Gasteiger partial charge in [0.2, 0.25) is 0 Å². The number of benzene rings is 3. The average Bonchev–Trinajstić information content (AvgIpc) is 2.92. The predicted octanol–water partition coefficient (Wildman–Crippen LogP) is 6.83. The fourth-order valence-corrected chi connectivity index (χ4v) is 5.24. The zero-order chi connectivity index (χ0) is 18.3. The Balaban J connectivity index is 2.04. The summed E-state index contributed by atoms with van der Waals surface area (Å²) >= 11 is 0. The fraction of sp³-hybridized carbons (Fsp3) is 0.360. The van der Waals surface area contributed by atoms with Gasteiger partial charge in [0.05, 0.1) is 11.0 Å². The van der Waals surface area contributed by atoms with E-state index in [1.54, 1.807) is 5.56 Å². The van der Waals surface area contributed by atoms with Crippen molar-refractivity contribution in [3.63, 3.8) is 0 Å². The molecule has 1 heteroatoms. The molecule has 0 aliphatic heterocycles. The Kier molecular flexibility index (Phi) is 3.01. The van der Waals surface area contributed by atoms with E-state index in [-0.39, 0.29) is 10.8 Å². The molecule has 132 valence electrons. The van der Waals surface area contributed by atoms with Crippen LogP contribution in [0.3, 0.4) is 0 Å². The third-order valence-corrected chi connectivity index (χ3v) is 6.82. The maximum atomic E-state index is 2.47. The van der Waals surface area contributed by atoms with E-state index in [0.29, 0.717) is 0 Å². The highest BCUT2D eigenvalue weighted by Crippen LogP contribution is 2.50. The average molecular weight is 341 g/mol. The van der Waals surface area contributed by atoms with Crippen LogP contribution in [0.2, 0.25) is 0 Å². The second kappa shape index (κ2) is 4.91. The fourth-order valence-electron chi connectivity index (χ4n) is 5.24. The standard InChI is InChI=1S/C25H27N/c1-24(2)14-15-25(3,4)21-20(24)13-12-19-18-11-10-16-8-6-7-9-17(16)22(18)26(5)23(19)21/h6-13H,14-15H2,1-5H3. The van der Waals surface area contributed by atoms with Crippen LogP contribution in [0.4, 0.5) is 0 Å². The summed E-state index contributed by atoms with van der Waals surface area (Å²) in [5, 5.41) is 5.45. The second-order valence-electron chi connectivity index (χ2n) is 9.39. The lowest BCUT2D eigenvalue weighted by Crippen LogP contribution is -2.34. The first kappa shape index (κ1) is 15.9. The van der Waals surface area contributed by atoms with Gasteiger partial charge < -0.3 is 4.57 Å². The quantitative estimate of drug-likeness (QED) is 0.330. The van der Waals surface area contributed by atoms with Crippen molar-refractivity contribution < 1.29 is 0 Å². The van der Waals surface area contributed by atoms with Gasteiger partial charge in [-0.3, -0.25) is 0 Å². The molecule has 0 radical (unpaired) electrons. The van der Waals surface area contributed by atoms with Crippen LogP contribution in [0, 0.1) is 0 Å². The van der Waals surface area contributed by atoms with Crippen molar-refractivity contribution in [3.05, 3.63) is 59.7 Å². The lowest BCUT2D eigenvalue weighted by molar-refractivity contribution is 0.334. The van der Waals surface area contributed by atoms with Gasteiger partial charge in [-0.1, -0.05) is 76.2 Å². The first-order valence-corrected chi connectivity index (χ1v) is 9.75. The zero-order valence-corrected chi connectivity index (χ0v) is 16.5. The molecule has 0 amide bonds. The van der Waals surface area contributed by atoms with Crippen LogP contribution in [0.5, 0.6) is 0 Å². The molecule has 1 aliphatic carbocycles. The normalized spacial score (nSPS) is 18.5. The van der Waals surface area contributed by atoms with Crippen molar-refractivity contribution in [1.29, 1.82) is 0 Å². The third-order valence-electron chi connectivity index (χ3n) is 6.82. The Hall–Kier alpha value is -2.28. The Morgan fingerprint density at radius 1 is 0.692 bits per heavy atom. The molecule has 0 saturated carbocycles. The van der Waals surface area contributed by atoms with Gasteiger partial charge in [-0.05, 0) is 40.2 Å².